The second-order valence-electron chi connectivity index (χ2n) is 6.38. The van der Waals surface area contributed by atoms with Gasteiger partial charge in [-0.25, -0.2) is 4.79 Å². The van der Waals surface area contributed by atoms with E-state index < -0.39 is 19.3 Å². The van der Waals surface area contributed by atoms with Crippen LogP contribution in [0, 0.1) is 0 Å². The summed E-state index contributed by atoms with van der Waals surface area (Å²) in [7, 11) is -1.61. The summed E-state index contributed by atoms with van der Waals surface area (Å²) in [6.45, 7) is 4.12. The van der Waals surface area contributed by atoms with Crippen molar-refractivity contribution in [3.8, 4) is 0 Å². The number of furan rings is 1. The predicted octanol–water partition coefficient (Wildman–Crippen LogP) is 1.46. The molecule has 9 heteroatoms. The first-order valence-electron chi connectivity index (χ1n) is 8.68. The minimum absolute atomic E-state index is 0.0615. The zero-order valence-corrected chi connectivity index (χ0v) is 14.7. The van der Waals surface area contributed by atoms with E-state index in [2.05, 4.69) is 11.9 Å². The van der Waals surface area contributed by atoms with Gasteiger partial charge in [0, 0.05) is 23.8 Å². The number of nitrogens with zero attached hydrogens (tertiary/aromatic N) is 1. The third kappa shape index (κ3) is 4.32. The minimum atomic E-state index is -1.61. The topological polar surface area (TPSA) is 112 Å². The lowest BCUT2D eigenvalue weighted by atomic mass is 9.79. The average molecular weight is 372 g/mol. The molecule has 2 atom stereocenters. The van der Waals surface area contributed by atoms with Crippen LogP contribution in [-0.4, -0.2) is 53.3 Å². The van der Waals surface area contributed by atoms with Crippen molar-refractivity contribution < 1.29 is 28.8 Å². The molecule has 1 aromatic heterocycles. The molecule has 1 fully saturated rings. The minimum Gasteiger partial charge on any atom is -0.464 e. The van der Waals surface area contributed by atoms with Crippen LogP contribution in [0.1, 0.15) is 18.0 Å². The number of hydrogen-bond donors (Lipinski definition) is 3. The van der Waals surface area contributed by atoms with E-state index in [0.717, 1.165) is 11.8 Å². The molecule has 1 aliphatic rings. The van der Waals surface area contributed by atoms with Gasteiger partial charge in [0.2, 0.25) is 5.91 Å². The van der Waals surface area contributed by atoms with Gasteiger partial charge in [-0.1, -0.05) is 24.8 Å². The molecule has 0 bridgehead atoms. The van der Waals surface area contributed by atoms with Crippen LogP contribution in [0.2, 0.25) is 6.32 Å². The standard InChI is InChI=1S/C18H21BN2O6/c1-2-17(22)21-8-7-12(21)10-27-18(23)20-15(9-19(24)25)14-11-26-16-6-4-3-5-13(14)16/h2-6,11-12,15,24-25H,1,7-10H2,(H,20,23)/t12-,15-/m1/s1. The van der Waals surface area contributed by atoms with Crippen LogP contribution in [0.4, 0.5) is 4.79 Å². The highest BCUT2D eigenvalue weighted by Gasteiger charge is 2.32. The van der Waals surface area contributed by atoms with Crippen molar-refractivity contribution in [3.05, 3.63) is 48.7 Å². The molecule has 0 unspecified atom stereocenters. The molecule has 1 saturated heterocycles. The second-order valence-corrected chi connectivity index (χ2v) is 6.38. The lowest BCUT2D eigenvalue weighted by Gasteiger charge is -2.39. The molecular formula is C18H21BN2O6. The highest BCUT2D eigenvalue weighted by Crippen LogP contribution is 2.29. The van der Waals surface area contributed by atoms with Gasteiger partial charge in [0.05, 0.1) is 18.3 Å². The number of para-hydroxylation sites is 1. The first-order chi connectivity index (χ1) is 13.0. The van der Waals surface area contributed by atoms with Gasteiger partial charge >= 0.3 is 13.2 Å². The molecular weight excluding hydrogens is 351 g/mol. The van der Waals surface area contributed by atoms with Crippen molar-refractivity contribution >= 4 is 30.1 Å². The highest BCUT2D eigenvalue weighted by molar-refractivity contribution is 6.41. The van der Waals surface area contributed by atoms with Gasteiger partial charge in [-0.2, -0.15) is 0 Å². The van der Waals surface area contributed by atoms with Crippen LogP contribution >= 0.6 is 0 Å². The van der Waals surface area contributed by atoms with Gasteiger partial charge in [0.15, 0.2) is 0 Å². The quantitative estimate of drug-likeness (QED) is 0.501. The largest absolute Gasteiger partial charge is 0.464 e. The van der Waals surface area contributed by atoms with Gasteiger partial charge in [0.25, 0.3) is 0 Å². The molecule has 8 nitrogen and oxygen atoms in total. The van der Waals surface area contributed by atoms with E-state index in [-0.39, 0.29) is 24.9 Å². The van der Waals surface area contributed by atoms with Crippen LogP contribution in [0.15, 0.2) is 47.6 Å². The number of carbonyl (C=O) groups is 2. The fraction of sp³-hybridized carbons (Fsp3) is 0.333. The number of benzene rings is 1. The van der Waals surface area contributed by atoms with Crippen LogP contribution < -0.4 is 5.32 Å². The smallest absolute Gasteiger partial charge is 0.453 e. The molecule has 1 aliphatic heterocycles. The molecule has 0 radical (unpaired) electrons. The summed E-state index contributed by atoms with van der Waals surface area (Å²) in [5.41, 5.74) is 1.26. The van der Waals surface area contributed by atoms with E-state index in [1.54, 1.807) is 11.0 Å². The van der Waals surface area contributed by atoms with Crippen molar-refractivity contribution in [2.75, 3.05) is 13.2 Å². The van der Waals surface area contributed by atoms with E-state index in [9.17, 15) is 19.6 Å². The molecule has 0 aliphatic carbocycles. The summed E-state index contributed by atoms with van der Waals surface area (Å²) in [4.78, 5) is 25.4. The van der Waals surface area contributed by atoms with Gasteiger partial charge < -0.3 is 29.4 Å². The molecule has 27 heavy (non-hydrogen) atoms. The van der Waals surface area contributed by atoms with Crippen LogP contribution in [0.5, 0.6) is 0 Å². The predicted molar refractivity (Wildman–Crippen MR) is 98.8 cm³/mol. The molecule has 2 heterocycles. The van der Waals surface area contributed by atoms with Crippen LogP contribution in [0.25, 0.3) is 11.0 Å². The molecule has 2 amide bonds. The lowest BCUT2D eigenvalue weighted by Crippen LogP contribution is -2.53. The summed E-state index contributed by atoms with van der Waals surface area (Å²) in [5, 5.41) is 22.2. The summed E-state index contributed by atoms with van der Waals surface area (Å²) in [5.74, 6) is -0.193. The molecule has 0 saturated carbocycles. The molecule has 0 spiro atoms. The SMILES string of the molecule is C=CC(=O)N1CC[C@@H]1COC(=O)N[C@H](CB(O)O)c1coc2ccccc12. The Bertz CT molecular complexity index is 836. The number of hydrogen-bond acceptors (Lipinski definition) is 6. The molecule has 1 aromatic carbocycles. The first kappa shape index (κ1) is 19.0. The van der Waals surface area contributed by atoms with Crippen molar-refractivity contribution in [2.24, 2.45) is 0 Å². The Labute approximate surface area is 156 Å². The molecule has 2 aromatic rings. The fourth-order valence-electron chi connectivity index (χ4n) is 3.12. The van der Waals surface area contributed by atoms with Crippen LogP contribution in [-0.2, 0) is 9.53 Å². The van der Waals surface area contributed by atoms with Gasteiger partial charge in [-0.3, -0.25) is 4.79 Å². The Kier molecular flexibility index (Phi) is 5.83. The maximum atomic E-state index is 12.2. The monoisotopic (exact) mass is 372 g/mol. The van der Waals surface area contributed by atoms with E-state index in [1.807, 2.05) is 18.2 Å². The molecule has 3 rings (SSSR count). The van der Waals surface area contributed by atoms with E-state index in [4.69, 9.17) is 9.15 Å². The maximum Gasteiger partial charge on any atom is 0.453 e. The Hall–Kier alpha value is -2.78. The number of ether oxygens (including phenoxy) is 1. The Balaban J connectivity index is 1.63. The number of fused-ring (bicyclic) bond motifs is 1. The van der Waals surface area contributed by atoms with E-state index in [0.29, 0.717) is 17.7 Å². The third-order valence-corrected chi connectivity index (χ3v) is 4.63. The van der Waals surface area contributed by atoms with E-state index >= 15 is 0 Å². The molecule has 3 N–H and O–H groups in total. The molecule has 142 valence electrons. The zero-order valence-electron chi connectivity index (χ0n) is 14.7. The van der Waals surface area contributed by atoms with Gasteiger partial charge in [0.1, 0.15) is 12.2 Å². The normalized spacial score (nSPS) is 17.1. The third-order valence-electron chi connectivity index (χ3n) is 4.63. The summed E-state index contributed by atoms with van der Waals surface area (Å²) in [6, 6.07) is 6.39. The van der Waals surface area contributed by atoms with Crippen molar-refractivity contribution in [1.29, 1.82) is 0 Å². The first-order valence-corrected chi connectivity index (χ1v) is 8.68. The summed E-state index contributed by atoms with van der Waals surface area (Å²) in [6.07, 6.45) is 2.63. The number of alkyl carbamates (subject to hydrolysis) is 1. The second kappa shape index (κ2) is 8.28. The summed E-state index contributed by atoms with van der Waals surface area (Å²) < 4.78 is 10.7. The van der Waals surface area contributed by atoms with E-state index in [1.165, 1.54) is 12.3 Å². The van der Waals surface area contributed by atoms with Crippen molar-refractivity contribution in [1.82, 2.24) is 10.2 Å². The maximum absolute atomic E-state index is 12.2. The van der Waals surface area contributed by atoms with Crippen molar-refractivity contribution in [3.63, 3.8) is 0 Å². The fourth-order valence-corrected chi connectivity index (χ4v) is 3.12. The average Bonchev–Trinajstić information content (AvgIpc) is 3.04. The lowest BCUT2D eigenvalue weighted by molar-refractivity contribution is -0.134. The van der Waals surface area contributed by atoms with Crippen molar-refractivity contribution in [2.45, 2.75) is 24.8 Å². The Morgan fingerprint density at radius 3 is 2.89 bits per heavy atom. The van der Waals surface area contributed by atoms with Gasteiger partial charge in [-0.05, 0) is 18.6 Å². The zero-order chi connectivity index (χ0) is 19.4. The number of carbonyl (C=O) groups excluding carboxylic acids is 2. The summed E-state index contributed by atoms with van der Waals surface area (Å²) >= 11 is 0. The number of rotatable bonds is 7. The number of amides is 2. The number of nitrogens with one attached hydrogen (secondary N) is 1. The Morgan fingerprint density at radius 1 is 1.44 bits per heavy atom. The van der Waals surface area contributed by atoms with Crippen LogP contribution in [0.3, 0.4) is 0 Å². The highest BCUT2D eigenvalue weighted by atomic mass is 16.5. The number of likely N-dealkylation sites (tertiary alicyclic amines) is 1. The Morgan fingerprint density at radius 2 is 2.22 bits per heavy atom. The van der Waals surface area contributed by atoms with Gasteiger partial charge in [-0.15, -0.1) is 0 Å².